The molecule has 0 saturated carbocycles. The van der Waals surface area contributed by atoms with Gasteiger partial charge < -0.3 is 9.74 Å². The highest BCUT2D eigenvalue weighted by Crippen LogP contribution is 2.39. The van der Waals surface area contributed by atoms with Crippen molar-refractivity contribution in [1.29, 1.82) is 0 Å². The number of hydrogen-bond donors (Lipinski definition) is 1. The van der Waals surface area contributed by atoms with Gasteiger partial charge in [0.05, 0.1) is 6.04 Å². The molecular formula is C16H25NO2Si. The van der Waals surface area contributed by atoms with Crippen LogP contribution in [0.1, 0.15) is 38.8 Å². The van der Waals surface area contributed by atoms with Gasteiger partial charge in [-0.1, -0.05) is 51.1 Å². The van der Waals surface area contributed by atoms with Crippen LogP contribution in [0, 0.1) is 0 Å². The van der Waals surface area contributed by atoms with Gasteiger partial charge in [0.25, 0.3) is 0 Å². The fraction of sp³-hybridized carbons (Fsp3) is 0.562. The summed E-state index contributed by atoms with van der Waals surface area (Å²) in [5.74, 6) is 0.0312. The van der Waals surface area contributed by atoms with Crippen LogP contribution >= 0.6 is 0 Å². The van der Waals surface area contributed by atoms with Crippen LogP contribution in [0.15, 0.2) is 30.3 Å². The van der Waals surface area contributed by atoms with Crippen LogP contribution in [0.4, 0.5) is 0 Å². The average Bonchev–Trinajstić information content (AvgIpc) is 2.70. The molecule has 1 N–H and O–H groups in total. The van der Waals surface area contributed by atoms with E-state index in [1.54, 1.807) is 0 Å². The lowest BCUT2D eigenvalue weighted by molar-refractivity contribution is -0.125. The first-order valence-electron chi connectivity index (χ1n) is 7.24. The first-order chi connectivity index (χ1) is 9.21. The van der Waals surface area contributed by atoms with E-state index in [2.05, 4.69) is 51.3 Å². The molecule has 110 valence electrons. The maximum absolute atomic E-state index is 12.1. The molecule has 1 saturated heterocycles. The molecule has 0 bridgehead atoms. The van der Waals surface area contributed by atoms with Gasteiger partial charge in [0.2, 0.25) is 5.91 Å². The molecule has 1 aliphatic rings. The van der Waals surface area contributed by atoms with Gasteiger partial charge in [-0.25, -0.2) is 0 Å². The molecule has 3 nitrogen and oxygen atoms in total. The Morgan fingerprint density at radius 1 is 1.20 bits per heavy atom. The predicted octanol–water partition coefficient (Wildman–Crippen LogP) is 3.64. The minimum atomic E-state index is -1.90. The molecule has 0 spiro atoms. The number of amides is 1. The zero-order valence-electron chi connectivity index (χ0n) is 13.1. The van der Waals surface area contributed by atoms with E-state index in [0.29, 0.717) is 0 Å². The van der Waals surface area contributed by atoms with Crippen molar-refractivity contribution in [2.45, 2.75) is 57.5 Å². The third-order valence-corrected chi connectivity index (χ3v) is 8.99. The van der Waals surface area contributed by atoms with Gasteiger partial charge in [0, 0.05) is 6.42 Å². The topological polar surface area (TPSA) is 38.3 Å². The molecule has 2 rings (SSSR count). The monoisotopic (exact) mass is 291 g/mol. The number of rotatable bonds is 3. The summed E-state index contributed by atoms with van der Waals surface area (Å²) in [5, 5.41) is 3.18. The average molecular weight is 291 g/mol. The van der Waals surface area contributed by atoms with Crippen molar-refractivity contribution < 1.29 is 9.22 Å². The van der Waals surface area contributed by atoms with Crippen molar-refractivity contribution in [2.24, 2.45) is 0 Å². The van der Waals surface area contributed by atoms with Crippen molar-refractivity contribution in [3.05, 3.63) is 35.9 Å². The normalized spacial score (nSPS) is 23.8. The molecule has 1 heterocycles. The van der Waals surface area contributed by atoms with Crippen molar-refractivity contribution in [2.75, 3.05) is 0 Å². The lowest BCUT2D eigenvalue weighted by Crippen LogP contribution is -2.45. The molecule has 0 radical (unpaired) electrons. The summed E-state index contributed by atoms with van der Waals surface area (Å²) in [6.45, 7) is 11.0. The Labute approximate surface area is 122 Å². The highest BCUT2D eigenvalue weighted by Gasteiger charge is 2.43. The smallest absolute Gasteiger partial charge is 0.248 e. The number of hydrogen-bond acceptors (Lipinski definition) is 2. The van der Waals surface area contributed by atoms with E-state index in [1.165, 1.54) is 0 Å². The van der Waals surface area contributed by atoms with E-state index >= 15 is 0 Å². The SMILES string of the molecule is CC(C)(C)[Si](C)(C)OC1CC(c2ccccc2)NC1=O. The first kappa shape index (κ1) is 15.3. The van der Waals surface area contributed by atoms with E-state index in [0.717, 1.165) is 12.0 Å². The Morgan fingerprint density at radius 2 is 1.80 bits per heavy atom. The van der Waals surface area contributed by atoms with Crippen LogP contribution in [-0.2, 0) is 9.22 Å². The van der Waals surface area contributed by atoms with Gasteiger partial charge in [0.1, 0.15) is 6.10 Å². The van der Waals surface area contributed by atoms with Gasteiger partial charge in [0.15, 0.2) is 8.32 Å². The van der Waals surface area contributed by atoms with Gasteiger partial charge in [-0.3, -0.25) is 4.79 Å². The molecule has 1 amide bonds. The highest BCUT2D eigenvalue weighted by atomic mass is 28.4. The van der Waals surface area contributed by atoms with Crippen LogP contribution in [0.25, 0.3) is 0 Å². The zero-order chi connectivity index (χ0) is 15.0. The second-order valence-corrected chi connectivity index (χ2v) is 11.8. The molecule has 1 aromatic rings. The standard InChI is InChI=1S/C16H25NO2Si/c1-16(2,3)20(4,5)19-14-11-13(17-15(14)18)12-9-7-6-8-10-12/h6-10,13-14H,11H2,1-5H3,(H,17,18). The lowest BCUT2D eigenvalue weighted by atomic mass is 10.1. The van der Waals surface area contributed by atoms with E-state index in [4.69, 9.17) is 4.43 Å². The summed E-state index contributed by atoms with van der Waals surface area (Å²) in [4.78, 5) is 12.1. The Bertz CT molecular complexity index is 479. The van der Waals surface area contributed by atoms with Crippen molar-refractivity contribution >= 4 is 14.2 Å². The molecular weight excluding hydrogens is 266 g/mol. The molecule has 20 heavy (non-hydrogen) atoms. The van der Waals surface area contributed by atoms with Crippen molar-refractivity contribution in [3.8, 4) is 0 Å². The Hall–Kier alpha value is -1.13. The molecule has 1 aromatic carbocycles. The Kier molecular flexibility index (Phi) is 4.07. The quantitative estimate of drug-likeness (QED) is 0.864. The maximum Gasteiger partial charge on any atom is 0.248 e. The molecule has 0 aliphatic carbocycles. The third-order valence-electron chi connectivity index (χ3n) is 4.50. The van der Waals surface area contributed by atoms with Crippen LogP contribution in [-0.4, -0.2) is 20.3 Å². The largest absolute Gasteiger partial charge is 0.405 e. The minimum Gasteiger partial charge on any atom is -0.405 e. The lowest BCUT2D eigenvalue weighted by Gasteiger charge is -2.37. The summed E-state index contributed by atoms with van der Waals surface area (Å²) in [6.07, 6.45) is 0.427. The van der Waals surface area contributed by atoms with Gasteiger partial charge in [-0.05, 0) is 23.7 Å². The summed E-state index contributed by atoms with van der Waals surface area (Å²) >= 11 is 0. The summed E-state index contributed by atoms with van der Waals surface area (Å²) < 4.78 is 6.25. The van der Waals surface area contributed by atoms with Crippen LogP contribution in [0.3, 0.4) is 0 Å². The number of benzene rings is 1. The predicted molar refractivity (Wildman–Crippen MR) is 84.0 cm³/mol. The second kappa shape index (κ2) is 5.33. The van der Waals surface area contributed by atoms with Gasteiger partial charge in [-0.2, -0.15) is 0 Å². The molecule has 4 heteroatoms. The summed E-state index contributed by atoms with van der Waals surface area (Å²) in [7, 11) is -1.90. The number of carbonyl (C=O) groups is 1. The number of carbonyl (C=O) groups excluding carboxylic acids is 1. The number of nitrogens with one attached hydrogen (secondary N) is 1. The van der Waals surface area contributed by atoms with E-state index in [-0.39, 0.29) is 23.1 Å². The maximum atomic E-state index is 12.1. The zero-order valence-corrected chi connectivity index (χ0v) is 14.1. The fourth-order valence-corrected chi connectivity index (χ4v) is 3.45. The van der Waals surface area contributed by atoms with Crippen molar-refractivity contribution in [3.63, 3.8) is 0 Å². The molecule has 0 aromatic heterocycles. The first-order valence-corrected chi connectivity index (χ1v) is 10.1. The second-order valence-electron chi connectivity index (χ2n) is 7.07. The van der Waals surface area contributed by atoms with E-state index < -0.39 is 8.32 Å². The van der Waals surface area contributed by atoms with Crippen LogP contribution in [0.5, 0.6) is 0 Å². The Morgan fingerprint density at radius 3 is 2.35 bits per heavy atom. The van der Waals surface area contributed by atoms with Crippen molar-refractivity contribution in [1.82, 2.24) is 5.32 Å². The summed E-state index contributed by atoms with van der Waals surface area (Å²) in [6, 6.07) is 10.2. The van der Waals surface area contributed by atoms with Gasteiger partial charge in [-0.15, -0.1) is 0 Å². The third kappa shape index (κ3) is 3.12. The summed E-state index contributed by atoms with van der Waals surface area (Å²) in [5.41, 5.74) is 1.15. The fourth-order valence-electron chi connectivity index (χ4n) is 2.18. The highest BCUT2D eigenvalue weighted by molar-refractivity contribution is 6.74. The molecule has 1 aliphatic heterocycles. The minimum absolute atomic E-state index is 0.0312. The Balaban J connectivity index is 2.07. The molecule has 1 fully saturated rings. The van der Waals surface area contributed by atoms with E-state index in [1.807, 2.05) is 18.2 Å². The van der Waals surface area contributed by atoms with Gasteiger partial charge >= 0.3 is 0 Å². The van der Waals surface area contributed by atoms with Crippen LogP contribution < -0.4 is 5.32 Å². The molecule has 2 unspecified atom stereocenters. The van der Waals surface area contributed by atoms with E-state index in [9.17, 15) is 4.79 Å². The molecule has 2 atom stereocenters. The van der Waals surface area contributed by atoms with Crippen LogP contribution in [0.2, 0.25) is 18.1 Å².